The third-order valence-corrected chi connectivity index (χ3v) is 14.2. The first-order chi connectivity index (χ1) is 27.3. The fourth-order valence-corrected chi connectivity index (χ4v) is 11.9. The summed E-state index contributed by atoms with van der Waals surface area (Å²) in [5.41, 5.74) is 2.70. The van der Waals surface area contributed by atoms with Gasteiger partial charge in [0.2, 0.25) is 0 Å². The summed E-state index contributed by atoms with van der Waals surface area (Å²) in [6.45, 7) is 0. The zero-order valence-electron chi connectivity index (χ0n) is 29.9. The van der Waals surface area contributed by atoms with Crippen LogP contribution in [0.15, 0.2) is 194 Å². The van der Waals surface area contributed by atoms with Gasteiger partial charge < -0.3 is 0 Å². The standard InChI is InChI=1S/C44H32P2.C6H6.2HI.Ru/c1-5-19-35(20-6-1)45(36-21-7-2-8-22-36)41-31-29-33-17-13-15-27-39(33)43(41)44-40-28-16-14-18-34(40)30-32-42(44)46(37-23-9-3-10-24-37)38-25-11-4-12-26-38;1-2-4-6-5-3-1;;;/h1-32H;1-6H;2*1H;/q;;;;+2/p-2. The van der Waals surface area contributed by atoms with Crippen molar-refractivity contribution in [3.8, 4) is 11.1 Å². The summed E-state index contributed by atoms with van der Waals surface area (Å²) in [5.74, 6) is 0. The van der Waals surface area contributed by atoms with E-state index in [4.69, 9.17) is 0 Å². The average Bonchev–Trinajstić information content (AvgIpc) is 3.26. The molecule has 9 rings (SSSR count). The molecule has 6 radical (unpaired) electrons. The molecule has 0 amide bonds. The van der Waals surface area contributed by atoms with Crippen molar-refractivity contribution in [2.75, 3.05) is 0 Å². The van der Waals surface area contributed by atoms with Gasteiger partial charge in [0.1, 0.15) is 0 Å². The summed E-state index contributed by atoms with van der Waals surface area (Å²) < 4.78 is 0. The molecule has 0 aliphatic heterocycles. The molecule has 0 unspecified atom stereocenters. The van der Waals surface area contributed by atoms with Crippen LogP contribution in [0.5, 0.6) is 0 Å². The van der Waals surface area contributed by atoms with E-state index in [0.29, 0.717) is 10.1 Å². The van der Waals surface area contributed by atoms with E-state index in [1.165, 1.54) is 64.5 Å². The molecule has 0 N–H and O–H groups in total. The molecule has 0 heterocycles. The normalized spacial score (nSPS) is 12.6. The van der Waals surface area contributed by atoms with Crippen molar-refractivity contribution in [3.05, 3.63) is 233 Å². The Morgan fingerprint density at radius 1 is 0.291 bits per heavy atom. The molecule has 1 saturated carbocycles. The first-order valence-corrected chi connectivity index (χ1v) is 31.0. The van der Waals surface area contributed by atoms with Crippen LogP contribution in [0.3, 0.4) is 0 Å². The topological polar surface area (TPSA) is 0 Å². The molecule has 0 spiro atoms. The molecule has 270 valence electrons. The Kier molecular flexibility index (Phi) is 15.5. The third-order valence-electron chi connectivity index (χ3n) is 9.27. The van der Waals surface area contributed by atoms with Gasteiger partial charge in [0.25, 0.3) is 0 Å². The molecule has 0 saturated heterocycles. The van der Waals surface area contributed by atoms with Gasteiger partial charge in [0.15, 0.2) is 0 Å². The second-order valence-corrected chi connectivity index (χ2v) is 30.3. The minimum atomic E-state index is -0.852. The van der Waals surface area contributed by atoms with Crippen LogP contribution in [0.25, 0.3) is 32.7 Å². The SMILES string of the molecule is [CH]1[CH][CH][CH][CH][CH]1.[I][Ru][I].c1ccc(P(c2ccccc2)c2ccc3ccccc3c2-c2c(P(c3ccccc3)c3ccccc3)ccc3ccccc23)cc1. The van der Waals surface area contributed by atoms with E-state index in [1.54, 1.807) is 0 Å². The molecular formula is C50H38I2P2Ru. The summed E-state index contributed by atoms with van der Waals surface area (Å²) in [5, 5.41) is 13.3. The fraction of sp³-hybridized carbons (Fsp3) is 0. The first kappa shape index (κ1) is 40.4. The van der Waals surface area contributed by atoms with Crippen molar-refractivity contribution >= 4 is 109 Å². The molecule has 8 aromatic carbocycles. The first-order valence-electron chi connectivity index (χ1n) is 18.0. The smallest absolute Gasteiger partial charge is 0.000884 e. The molecule has 0 bridgehead atoms. The molecule has 0 aromatic heterocycles. The summed E-state index contributed by atoms with van der Waals surface area (Å²) >= 11 is 4.73. The number of hydrogen-bond donors (Lipinski definition) is 0. The van der Waals surface area contributed by atoms with E-state index >= 15 is 0 Å². The van der Waals surface area contributed by atoms with Crippen LogP contribution in [0.4, 0.5) is 0 Å². The van der Waals surface area contributed by atoms with E-state index in [-0.39, 0.29) is 0 Å². The largest absolute Gasteiger partial charge is 0.0622 e. The van der Waals surface area contributed by atoms with Crippen LogP contribution in [0.2, 0.25) is 0 Å². The minimum Gasteiger partial charge on any atom is -0.0622 e. The van der Waals surface area contributed by atoms with E-state index < -0.39 is 15.8 Å². The predicted molar refractivity (Wildman–Crippen MR) is 258 cm³/mol. The monoisotopic (exact) mass is 1060 g/mol. The third kappa shape index (κ3) is 10.0. The van der Waals surface area contributed by atoms with Gasteiger partial charge in [-0.25, -0.2) is 0 Å². The van der Waals surface area contributed by atoms with Gasteiger partial charge in [-0.3, -0.25) is 0 Å². The molecule has 1 aliphatic rings. The van der Waals surface area contributed by atoms with Gasteiger partial charge in [-0.1, -0.05) is 194 Å². The van der Waals surface area contributed by atoms with Crippen molar-refractivity contribution in [3.63, 3.8) is 0 Å². The van der Waals surface area contributed by atoms with Crippen LogP contribution < -0.4 is 31.8 Å². The van der Waals surface area contributed by atoms with Gasteiger partial charge in [-0.05, 0) is 119 Å². The second kappa shape index (κ2) is 21.1. The molecular weight excluding hydrogens is 1020 g/mol. The van der Waals surface area contributed by atoms with Gasteiger partial charge in [-0.2, -0.15) is 0 Å². The molecule has 55 heavy (non-hydrogen) atoms. The van der Waals surface area contributed by atoms with Gasteiger partial charge in [-0.15, -0.1) is 0 Å². The number of fused-ring (bicyclic) bond motifs is 2. The van der Waals surface area contributed by atoms with Crippen molar-refractivity contribution in [2.24, 2.45) is 0 Å². The Morgan fingerprint density at radius 3 is 0.836 bits per heavy atom. The zero-order chi connectivity index (χ0) is 37.7. The predicted octanol–water partition coefficient (Wildman–Crippen LogP) is 12.2. The summed E-state index contributed by atoms with van der Waals surface area (Å²) in [7, 11) is -1.05. The maximum Gasteiger partial charge on any atom is -0.000884 e. The number of rotatable bonds is 7. The fourth-order valence-electron chi connectivity index (χ4n) is 6.97. The molecule has 8 aromatic rings. The van der Waals surface area contributed by atoms with Gasteiger partial charge >= 0.3 is 49.6 Å². The molecule has 1 fully saturated rings. The molecule has 1 aliphatic carbocycles. The number of benzene rings is 8. The molecule has 0 nitrogen and oxygen atoms in total. The quantitative estimate of drug-likeness (QED) is 0.0848. The number of halogens is 2. The van der Waals surface area contributed by atoms with E-state index in [1.807, 2.05) is 38.5 Å². The van der Waals surface area contributed by atoms with E-state index in [9.17, 15) is 0 Å². The maximum absolute atomic E-state index is 2.42. The van der Waals surface area contributed by atoms with Crippen LogP contribution in [0.1, 0.15) is 0 Å². The van der Waals surface area contributed by atoms with E-state index in [2.05, 4.69) is 234 Å². The second-order valence-electron chi connectivity index (χ2n) is 12.6. The Hall–Kier alpha value is -2.78. The Bertz CT molecular complexity index is 2130. The van der Waals surface area contributed by atoms with E-state index in [0.717, 1.165) is 0 Å². The summed E-state index contributed by atoms with van der Waals surface area (Å²) in [6.07, 6.45) is 12.0. The summed E-state index contributed by atoms with van der Waals surface area (Å²) in [4.78, 5) is 0. The maximum atomic E-state index is 2.42. The van der Waals surface area contributed by atoms with Crippen molar-refractivity contribution in [1.82, 2.24) is 0 Å². The molecule has 5 heteroatoms. The zero-order valence-corrected chi connectivity index (χ0v) is 37.8. The van der Waals surface area contributed by atoms with Crippen molar-refractivity contribution in [2.45, 2.75) is 0 Å². The Balaban J connectivity index is 0.000000461. The average molecular weight is 1060 g/mol. The van der Waals surface area contributed by atoms with Gasteiger partial charge in [0, 0.05) is 0 Å². The summed E-state index contributed by atoms with van der Waals surface area (Å²) in [6, 6.07) is 71.8. The van der Waals surface area contributed by atoms with Crippen molar-refractivity contribution < 1.29 is 10.1 Å². The number of hydrogen-bond acceptors (Lipinski definition) is 0. The van der Waals surface area contributed by atoms with Crippen LogP contribution in [0, 0.1) is 38.5 Å². The minimum absolute atomic E-state index is 0.650. The Morgan fingerprint density at radius 2 is 0.545 bits per heavy atom. The Labute approximate surface area is 359 Å². The van der Waals surface area contributed by atoms with Crippen LogP contribution in [-0.2, 0) is 10.1 Å². The van der Waals surface area contributed by atoms with Crippen LogP contribution >= 0.6 is 55.3 Å². The van der Waals surface area contributed by atoms with Crippen molar-refractivity contribution in [1.29, 1.82) is 0 Å². The van der Waals surface area contributed by atoms with Crippen LogP contribution in [-0.4, -0.2) is 0 Å². The van der Waals surface area contributed by atoms with Gasteiger partial charge in [0.05, 0.1) is 0 Å². The molecule has 0 atom stereocenters.